The number of carbonyl (C=O) groups excluding carboxylic acids is 2. The molecule has 1 aromatic rings. The van der Waals surface area contributed by atoms with E-state index >= 15 is 0 Å². The number of hydrogen-bond acceptors (Lipinski definition) is 3. The first kappa shape index (κ1) is 17.2. The van der Waals surface area contributed by atoms with E-state index < -0.39 is 0 Å². The fourth-order valence-electron chi connectivity index (χ4n) is 1.84. The highest BCUT2D eigenvalue weighted by atomic mass is 16.5. The van der Waals surface area contributed by atoms with Gasteiger partial charge in [0.1, 0.15) is 5.75 Å². The fraction of sp³-hybridized carbons (Fsp3) is 0.529. The van der Waals surface area contributed by atoms with Crippen LogP contribution in [0.5, 0.6) is 5.75 Å². The standard InChI is InChI=1S/C17H25NO3/c1-5-6-7-10-21-14-8-9-15(13(4)19)16(11-14)18-17(20)12(2)3/h8-9,11-12H,5-7,10H2,1-4H3,(H,18,20). The number of rotatable bonds is 8. The van der Waals surface area contributed by atoms with Gasteiger partial charge in [0.15, 0.2) is 5.78 Å². The van der Waals surface area contributed by atoms with Gasteiger partial charge in [-0.3, -0.25) is 9.59 Å². The van der Waals surface area contributed by atoms with E-state index in [1.165, 1.54) is 6.92 Å². The van der Waals surface area contributed by atoms with Crippen LogP contribution in [0.2, 0.25) is 0 Å². The van der Waals surface area contributed by atoms with Crippen LogP contribution >= 0.6 is 0 Å². The van der Waals surface area contributed by atoms with Crippen LogP contribution in [0, 0.1) is 5.92 Å². The van der Waals surface area contributed by atoms with Crippen LogP contribution in [0.15, 0.2) is 18.2 Å². The molecule has 4 heteroatoms. The zero-order chi connectivity index (χ0) is 15.8. The molecule has 1 amide bonds. The van der Waals surface area contributed by atoms with E-state index in [-0.39, 0.29) is 17.6 Å². The molecule has 0 bridgehead atoms. The Kier molecular flexibility index (Phi) is 6.92. The third kappa shape index (κ3) is 5.58. The van der Waals surface area contributed by atoms with Gasteiger partial charge in [-0.25, -0.2) is 0 Å². The van der Waals surface area contributed by atoms with Crippen LogP contribution in [0.25, 0.3) is 0 Å². The monoisotopic (exact) mass is 291 g/mol. The summed E-state index contributed by atoms with van der Waals surface area (Å²) in [5, 5.41) is 2.79. The Morgan fingerprint density at radius 2 is 1.95 bits per heavy atom. The topological polar surface area (TPSA) is 55.4 Å². The van der Waals surface area contributed by atoms with Crippen molar-refractivity contribution in [1.29, 1.82) is 0 Å². The van der Waals surface area contributed by atoms with Gasteiger partial charge in [-0.05, 0) is 25.5 Å². The van der Waals surface area contributed by atoms with Crippen molar-refractivity contribution in [2.75, 3.05) is 11.9 Å². The van der Waals surface area contributed by atoms with E-state index in [9.17, 15) is 9.59 Å². The molecule has 1 N–H and O–H groups in total. The molecular formula is C17H25NO3. The predicted octanol–water partition coefficient (Wildman–Crippen LogP) is 4.05. The average Bonchev–Trinajstić information content (AvgIpc) is 2.43. The number of amides is 1. The van der Waals surface area contributed by atoms with Crippen LogP contribution in [0.1, 0.15) is 57.3 Å². The Balaban J connectivity index is 2.85. The van der Waals surface area contributed by atoms with Gasteiger partial charge in [0.25, 0.3) is 0 Å². The molecule has 116 valence electrons. The maximum absolute atomic E-state index is 11.8. The molecule has 0 aliphatic heterocycles. The molecule has 4 nitrogen and oxygen atoms in total. The summed E-state index contributed by atoms with van der Waals surface area (Å²) in [4.78, 5) is 23.5. The molecule has 0 heterocycles. The van der Waals surface area contributed by atoms with Gasteiger partial charge in [-0.15, -0.1) is 0 Å². The molecule has 0 unspecified atom stereocenters. The van der Waals surface area contributed by atoms with Crippen molar-refractivity contribution in [1.82, 2.24) is 0 Å². The summed E-state index contributed by atoms with van der Waals surface area (Å²) in [6.07, 6.45) is 3.27. The van der Waals surface area contributed by atoms with E-state index in [2.05, 4.69) is 12.2 Å². The maximum atomic E-state index is 11.8. The van der Waals surface area contributed by atoms with Crippen LogP contribution in [0.4, 0.5) is 5.69 Å². The highest BCUT2D eigenvalue weighted by Gasteiger charge is 2.13. The van der Waals surface area contributed by atoms with Gasteiger partial charge in [-0.2, -0.15) is 0 Å². The minimum atomic E-state index is -0.140. The molecule has 0 fully saturated rings. The lowest BCUT2D eigenvalue weighted by molar-refractivity contribution is -0.118. The molecule has 0 spiro atoms. The van der Waals surface area contributed by atoms with Gasteiger partial charge >= 0.3 is 0 Å². The number of benzene rings is 1. The van der Waals surface area contributed by atoms with Crippen molar-refractivity contribution in [3.8, 4) is 5.75 Å². The lowest BCUT2D eigenvalue weighted by Crippen LogP contribution is -2.19. The van der Waals surface area contributed by atoms with Gasteiger partial charge in [0.05, 0.1) is 12.3 Å². The molecule has 0 aromatic heterocycles. The van der Waals surface area contributed by atoms with E-state index in [0.29, 0.717) is 23.6 Å². The second-order valence-electron chi connectivity index (χ2n) is 5.46. The number of anilines is 1. The summed E-state index contributed by atoms with van der Waals surface area (Å²) in [7, 11) is 0. The minimum absolute atomic E-state index is 0.0772. The lowest BCUT2D eigenvalue weighted by Gasteiger charge is -2.13. The third-order valence-corrected chi connectivity index (χ3v) is 3.17. The number of hydrogen-bond donors (Lipinski definition) is 1. The molecule has 1 aromatic carbocycles. The molecule has 0 saturated carbocycles. The summed E-state index contributed by atoms with van der Waals surface area (Å²) in [6, 6.07) is 5.20. The van der Waals surface area contributed by atoms with Crippen molar-refractivity contribution in [3.63, 3.8) is 0 Å². The lowest BCUT2D eigenvalue weighted by atomic mass is 10.1. The normalized spacial score (nSPS) is 10.5. The fourth-order valence-corrected chi connectivity index (χ4v) is 1.84. The summed E-state index contributed by atoms with van der Waals surface area (Å²) < 4.78 is 5.66. The van der Waals surface area contributed by atoms with Crippen LogP contribution < -0.4 is 10.1 Å². The first-order valence-corrected chi connectivity index (χ1v) is 7.54. The zero-order valence-corrected chi connectivity index (χ0v) is 13.4. The average molecular weight is 291 g/mol. The second kappa shape index (κ2) is 8.45. The molecule has 0 saturated heterocycles. The number of Topliss-reactive ketones (excluding diaryl/α,β-unsaturated/α-hetero) is 1. The highest BCUT2D eigenvalue weighted by molar-refractivity contribution is 6.04. The van der Waals surface area contributed by atoms with E-state index in [0.717, 1.165) is 19.3 Å². The quantitative estimate of drug-likeness (QED) is 0.580. The Morgan fingerprint density at radius 1 is 1.24 bits per heavy atom. The van der Waals surface area contributed by atoms with Crippen molar-refractivity contribution in [3.05, 3.63) is 23.8 Å². The van der Waals surface area contributed by atoms with Crippen molar-refractivity contribution >= 4 is 17.4 Å². The predicted molar refractivity (Wildman–Crippen MR) is 84.9 cm³/mol. The Morgan fingerprint density at radius 3 is 2.52 bits per heavy atom. The van der Waals surface area contributed by atoms with E-state index in [1.807, 2.05) is 13.8 Å². The molecule has 21 heavy (non-hydrogen) atoms. The van der Waals surface area contributed by atoms with Crippen LogP contribution in [0.3, 0.4) is 0 Å². The maximum Gasteiger partial charge on any atom is 0.226 e. The molecule has 0 atom stereocenters. The Bertz CT molecular complexity index is 495. The first-order valence-electron chi connectivity index (χ1n) is 7.54. The SMILES string of the molecule is CCCCCOc1ccc(C(C)=O)c(NC(=O)C(C)C)c1. The smallest absolute Gasteiger partial charge is 0.226 e. The van der Waals surface area contributed by atoms with Crippen LogP contribution in [-0.2, 0) is 4.79 Å². The van der Waals surface area contributed by atoms with Gasteiger partial charge in [-0.1, -0.05) is 33.6 Å². The number of carbonyl (C=O) groups is 2. The molecule has 0 aliphatic carbocycles. The van der Waals surface area contributed by atoms with Crippen molar-refractivity contribution in [2.24, 2.45) is 5.92 Å². The number of ether oxygens (including phenoxy) is 1. The first-order chi connectivity index (χ1) is 9.95. The number of ketones is 1. The largest absolute Gasteiger partial charge is 0.494 e. The Hall–Kier alpha value is -1.84. The van der Waals surface area contributed by atoms with Crippen LogP contribution in [-0.4, -0.2) is 18.3 Å². The Labute approximate surface area is 126 Å². The summed E-state index contributed by atoms with van der Waals surface area (Å²) >= 11 is 0. The summed E-state index contributed by atoms with van der Waals surface area (Å²) in [5.74, 6) is 0.348. The summed E-state index contributed by atoms with van der Waals surface area (Å²) in [5.41, 5.74) is 1.03. The highest BCUT2D eigenvalue weighted by Crippen LogP contribution is 2.24. The molecular weight excluding hydrogens is 266 g/mol. The van der Waals surface area contributed by atoms with Crippen molar-refractivity contribution in [2.45, 2.75) is 47.0 Å². The number of unbranched alkanes of at least 4 members (excludes halogenated alkanes) is 2. The number of nitrogens with one attached hydrogen (secondary N) is 1. The van der Waals surface area contributed by atoms with Gasteiger partial charge in [0.2, 0.25) is 5.91 Å². The summed E-state index contributed by atoms with van der Waals surface area (Å²) in [6.45, 7) is 7.90. The van der Waals surface area contributed by atoms with E-state index in [4.69, 9.17) is 4.74 Å². The van der Waals surface area contributed by atoms with E-state index in [1.54, 1.807) is 18.2 Å². The molecule has 1 rings (SSSR count). The van der Waals surface area contributed by atoms with Crippen molar-refractivity contribution < 1.29 is 14.3 Å². The van der Waals surface area contributed by atoms with Gasteiger partial charge < -0.3 is 10.1 Å². The molecule has 0 aliphatic rings. The minimum Gasteiger partial charge on any atom is -0.494 e. The zero-order valence-electron chi connectivity index (χ0n) is 13.4. The molecule has 0 radical (unpaired) electrons. The third-order valence-electron chi connectivity index (χ3n) is 3.17. The second-order valence-corrected chi connectivity index (χ2v) is 5.46. The van der Waals surface area contributed by atoms with Gasteiger partial charge in [0, 0.05) is 17.5 Å².